The summed E-state index contributed by atoms with van der Waals surface area (Å²) in [4.78, 5) is 2.32. The number of hydrogen-bond acceptors (Lipinski definition) is 5. The average molecular weight is 281 g/mol. The fraction of sp³-hybridized carbons (Fsp3) is 0.583. The molecule has 19 heavy (non-hydrogen) atoms. The summed E-state index contributed by atoms with van der Waals surface area (Å²) in [7, 11) is 2.13. The maximum absolute atomic E-state index is 6.04. The van der Waals surface area contributed by atoms with E-state index in [1.54, 1.807) is 4.52 Å². The number of likely N-dealkylation sites (N-methyl/N-ethyl adjacent to an activating group) is 1. The zero-order valence-electron chi connectivity index (χ0n) is 11.1. The monoisotopic (exact) mass is 280 g/mol. The molecule has 2 aromatic heterocycles. The minimum atomic E-state index is 0.377. The van der Waals surface area contributed by atoms with Crippen molar-refractivity contribution in [3.8, 4) is 0 Å². The number of hydrogen-bond donors (Lipinski definition) is 1. The molecule has 3 rings (SSSR count). The van der Waals surface area contributed by atoms with Gasteiger partial charge in [0.15, 0.2) is 5.15 Å². The molecule has 3 heterocycles. The van der Waals surface area contributed by atoms with Gasteiger partial charge < -0.3 is 10.2 Å². The number of nitrogens with zero attached hydrogens (tertiary/aromatic N) is 5. The summed E-state index contributed by atoms with van der Waals surface area (Å²) in [5, 5.41) is 16.3. The summed E-state index contributed by atoms with van der Waals surface area (Å²) < 4.78 is 1.74. The number of piperidine rings is 1. The molecule has 0 aromatic carbocycles. The summed E-state index contributed by atoms with van der Waals surface area (Å²) >= 11 is 6.04. The summed E-state index contributed by atoms with van der Waals surface area (Å²) in [5.41, 5.74) is 1.70. The zero-order valence-corrected chi connectivity index (χ0v) is 11.9. The summed E-state index contributed by atoms with van der Waals surface area (Å²) in [5.74, 6) is 0.660. The third-order valence-electron chi connectivity index (χ3n) is 3.43. The van der Waals surface area contributed by atoms with Gasteiger partial charge in [0.25, 0.3) is 0 Å². The van der Waals surface area contributed by atoms with E-state index in [0.717, 1.165) is 30.7 Å². The molecule has 0 aliphatic carbocycles. The van der Waals surface area contributed by atoms with Crippen molar-refractivity contribution < 1.29 is 0 Å². The van der Waals surface area contributed by atoms with E-state index in [1.165, 1.54) is 6.42 Å². The smallest absolute Gasteiger partial charge is 0.244 e. The quantitative estimate of drug-likeness (QED) is 0.905. The van der Waals surface area contributed by atoms with E-state index in [9.17, 15) is 0 Å². The summed E-state index contributed by atoms with van der Waals surface area (Å²) in [6.45, 7) is 4.09. The highest BCUT2D eigenvalue weighted by Crippen LogP contribution is 2.19. The Hall–Kier alpha value is -1.40. The van der Waals surface area contributed by atoms with Crippen molar-refractivity contribution in [1.82, 2.24) is 24.7 Å². The first-order valence-electron chi connectivity index (χ1n) is 6.47. The molecule has 1 fully saturated rings. The number of aryl methyl sites for hydroxylation is 1. The van der Waals surface area contributed by atoms with Crippen molar-refractivity contribution in [2.45, 2.75) is 25.8 Å². The predicted molar refractivity (Wildman–Crippen MR) is 74.7 cm³/mol. The van der Waals surface area contributed by atoms with Crippen LogP contribution in [0.2, 0.25) is 5.15 Å². The Labute approximate surface area is 116 Å². The van der Waals surface area contributed by atoms with Crippen LogP contribution >= 0.6 is 11.6 Å². The zero-order chi connectivity index (χ0) is 13.4. The van der Waals surface area contributed by atoms with Gasteiger partial charge in [-0.1, -0.05) is 11.6 Å². The molecule has 6 nitrogen and oxygen atoms in total. The first-order chi connectivity index (χ1) is 9.13. The van der Waals surface area contributed by atoms with Crippen LogP contribution < -0.4 is 5.32 Å². The first kappa shape index (κ1) is 12.6. The number of rotatable bonds is 2. The highest BCUT2D eigenvalue weighted by Gasteiger charge is 2.19. The van der Waals surface area contributed by atoms with E-state index >= 15 is 0 Å². The van der Waals surface area contributed by atoms with E-state index in [2.05, 4.69) is 32.6 Å². The Balaban J connectivity index is 1.90. The fourth-order valence-corrected chi connectivity index (χ4v) is 2.72. The lowest BCUT2D eigenvalue weighted by Crippen LogP contribution is -2.40. The molecule has 1 saturated heterocycles. The Bertz CT molecular complexity index is 595. The van der Waals surface area contributed by atoms with Crippen molar-refractivity contribution in [2.75, 3.05) is 25.5 Å². The second-order valence-corrected chi connectivity index (χ2v) is 5.50. The van der Waals surface area contributed by atoms with E-state index in [4.69, 9.17) is 11.6 Å². The molecular formula is C12H17ClN6. The average Bonchev–Trinajstić information content (AvgIpc) is 2.76. The molecule has 0 radical (unpaired) electrons. The van der Waals surface area contributed by atoms with E-state index < -0.39 is 0 Å². The Kier molecular flexibility index (Phi) is 3.28. The maximum atomic E-state index is 6.04. The Morgan fingerprint density at radius 3 is 3.05 bits per heavy atom. The molecule has 0 bridgehead atoms. The van der Waals surface area contributed by atoms with Crippen LogP contribution in [0.25, 0.3) is 5.52 Å². The van der Waals surface area contributed by atoms with Crippen LogP contribution in [0.3, 0.4) is 0 Å². The Morgan fingerprint density at radius 1 is 1.42 bits per heavy atom. The molecule has 1 unspecified atom stereocenters. The first-order valence-corrected chi connectivity index (χ1v) is 6.85. The van der Waals surface area contributed by atoms with Crippen molar-refractivity contribution in [2.24, 2.45) is 0 Å². The minimum Gasteiger partial charge on any atom is -0.349 e. The molecule has 0 spiro atoms. The van der Waals surface area contributed by atoms with Crippen LogP contribution in [-0.2, 0) is 0 Å². The van der Waals surface area contributed by atoms with Gasteiger partial charge in [-0.3, -0.25) is 0 Å². The van der Waals surface area contributed by atoms with Crippen LogP contribution in [0.4, 0.5) is 5.95 Å². The lowest BCUT2D eigenvalue weighted by molar-refractivity contribution is 0.260. The van der Waals surface area contributed by atoms with E-state index in [1.807, 2.05) is 13.0 Å². The normalized spacial score (nSPS) is 20.9. The van der Waals surface area contributed by atoms with Gasteiger partial charge in [-0.2, -0.15) is 9.61 Å². The van der Waals surface area contributed by atoms with Crippen LogP contribution in [0.5, 0.6) is 0 Å². The minimum absolute atomic E-state index is 0.377. The van der Waals surface area contributed by atoms with Gasteiger partial charge in [0.05, 0.1) is 5.69 Å². The van der Waals surface area contributed by atoms with Gasteiger partial charge in [0, 0.05) is 12.6 Å². The number of fused-ring (bicyclic) bond motifs is 1. The largest absolute Gasteiger partial charge is 0.349 e. The number of aromatic nitrogens is 4. The summed E-state index contributed by atoms with van der Waals surface area (Å²) in [6.07, 6.45) is 2.33. The van der Waals surface area contributed by atoms with Gasteiger partial charge in [-0.15, -0.1) is 10.2 Å². The van der Waals surface area contributed by atoms with Crippen LogP contribution in [0.1, 0.15) is 18.5 Å². The van der Waals surface area contributed by atoms with Gasteiger partial charge in [-0.25, -0.2) is 0 Å². The predicted octanol–water partition coefficient (Wildman–Crippen LogP) is 1.59. The fourth-order valence-electron chi connectivity index (χ4n) is 2.55. The molecule has 1 N–H and O–H groups in total. The van der Waals surface area contributed by atoms with Gasteiger partial charge in [0.1, 0.15) is 5.52 Å². The van der Waals surface area contributed by atoms with Crippen molar-refractivity contribution in [3.05, 3.63) is 16.9 Å². The highest BCUT2D eigenvalue weighted by atomic mass is 35.5. The number of halogens is 1. The summed E-state index contributed by atoms with van der Waals surface area (Å²) in [6, 6.07) is 2.29. The lowest BCUT2D eigenvalue weighted by atomic mass is 10.1. The molecule has 0 amide bonds. The van der Waals surface area contributed by atoms with Crippen LogP contribution in [0, 0.1) is 6.92 Å². The molecule has 1 atom stereocenters. The Morgan fingerprint density at radius 2 is 2.26 bits per heavy atom. The number of nitrogens with one attached hydrogen (secondary N) is 1. The molecule has 2 aromatic rings. The van der Waals surface area contributed by atoms with E-state index in [-0.39, 0.29) is 0 Å². The van der Waals surface area contributed by atoms with Crippen molar-refractivity contribution in [1.29, 1.82) is 0 Å². The second-order valence-electron chi connectivity index (χ2n) is 5.14. The van der Waals surface area contributed by atoms with Gasteiger partial charge in [-0.05, 0) is 39.4 Å². The molecule has 7 heteroatoms. The molecule has 1 aliphatic rings. The number of likely N-dealkylation sites (tertiary alicyclic amines) is 1. The van der Waals surface area contributed by atoms with Crippen LogP contribution in [0.15, 0.2) is 6.07 Å². The standard InChI is InChI=1S/C12H17ClN6/c1-8-6-10-11(13)15-16-12(19(10)17-8)14-9-4-3-5-18(2)7-9/h6,9H,3-5,7H2,1-2H3,(H,14,16). The van der Waals surface area contributed by atoms with Gasteiger partial charge >= 0.3 is 0 Å². The molecular weight excluding hydrogens is 264 g/mol. The second kappa shape index (κ2) is 4.94. The van der Waals surface area contributed by atoms with Crippen molar-refractivity contribution >= 4 is 23.1 Å². The third-order valence-corrected chi connectivity index (χ3v) is 3.70. The van der Waals surface area contributed by atoms with Crippen molar-refractivity contribution in [3.63, 3.8) is 0 Å². The van der Waals surface area contributed by atoms with Gasteiger partial charge in [0.2, 0.25) is 5.95 Å². The SMILES string of the molecule is Cc1cc2c(Cl)nnc(NC3CCCN(C)C3)n2n1. The van der Waals surface area contributed by atoms with E-state index in [0.29, 0.717) is 17.1 Å². The highest BCUT2D eigenvalue weighted by molar-refractivity contribution is 6.32. The lowest BCUT2D eigenvalue weighted by Gasteiger charge is -2.30. The molecule has 0 saturated carbocycles. The molecule has 102 valence electrons. The number of anilines is 1. The third kappa shape index (κ3) is 2.50. The topological polar surface area (TPSA) is 58.4 Å². The molecule has 1 aliphatic heterocycles. The van der Waals surface area contributed by atoms with Crippen LogP contribution in [-0.4, -0.2) is 50.9 Å². The maximum Gasteiger partial charge on any atom is 0.244 e.